The van der Waals surface area contributed by atoms with E-state index < -0.39 is 11.5 Å². The lowest BCUT2D eigenvalue weighted by Gasteiger charge is -2.37. The topological polar surface area (TPSA) is 79.8 Å². The second-order valence-corrected chi connectivity index (χ2v) is 7.97. The first kappa shape index (κ1) is 21.2. The third kappa shape index (κ3) is 3.75. The van der Waals surface area contributed by atoms with E-state index in [4.69, 9.17) is 0 Å². The van der Waals surface area contributed by atoms with Crippen LogP contribution in [0.5, 0.6) is 0 Å². The van der Waals surface area contributed by atoms with Crippen LogP contribution in [0.3, 0.4) is 0 Å². The molecule has 162 valence electrons. The lowest BCUT2D eigenvalue weighted by molar-refractivity contribution is 0.404. The summed E-state index contributed by atoms with van der Waals surface area (Å²) in [6.45, 7) is 7.59. The van der Waals surface area contributed by atoms with Gasteiger partial charge in [0.15, 0.2) is 17.3 Å². The van der Waals surface area contributed by atoms with E-state index in [9.17, 15) is 9.18 Å². The lowest BCUT2D eigenvalue weighted by Crippen LogP contribution is -2.55. The number of fused-ring (bicyclic) bond motifs is 2. The molecule has 8 nitrogen and oxygen atoms in total. The largest absolute Gasteiger partial charge is 0.357 e. The molecule has 2 atom stereocenters. The van der Waals surface area contributed by atoms with Gasteiger partial charge in [-0.15, -0.1) is 12.4 Å². The fourth-order valence-electron chi connectivity index (χ4n) is 4.24. The highest BCUT2D eigenvalue weighted by atomic mass is 35.5. The van der Waals surface area contributed by atoms with Gasteiger partial charge >= 0.3 is 5.69 Å². The molecule has 1 fully saturated rings. The summed E-state index contributed by atoms with van der Waals surface area (Å²) in [6, 6.07) is 7.46. The van der Waals surface area contributed by atoms with Crippen molar-refractivity contribution in [2.24, 2.45) is 0 Å². The molecule has 31 heavy (non-hydrogen) atoms. The second kappa shape index (κ2) is 7.90. The summed E-state index contributed by atoms with van der Waals surface area (Å²) in [5.41, 5.74) is 1.40. The number of pyridine rings is 2. The van der Waals surface area contributed by atoms with Gasteiger partial charge in [0.25, 0.3) is 0 Å². The first-order chi connectivity index (χ1) is 14.4. The van der Waals surface area contributed by atoms with Crippen LogP contribution in [0, 0.1) is 12.7 Å². The average molecular weight is 444 g/mol. The van der Waals surface area contributed by atoms with Gasteiger partial charge < -0.3 is 14.6 Å². The van der Waals surface area contributed by atoms with Crippen molar-refractivity contribution in [2.75, 3.05) is 18.0 Å². The van der Waals surface area contributed by atoms with Crippen LogP contribution in [0.2, 0.25) is 0 Å². The molecule has 4 aromatic heterocycles. The Morgan fingerprint density at radius 1 is 1.10 bits per heavy atom. The lowest BCUT2D eigenvalue weighted by atomic mass is 10.1. The maximum Gasteiger partial charge on any atom is 0.357 e. The molecule has 0 bridgehead atoms. The molecule has 1 N–H and O–H groups in total. The zero-order chi connectivity index (χ0) is 21.0. The van der Waals surface area contributed by atoms with Gasteiger partial charge in [0, 0.05) is 43.1 Å². The monoisotopic (exact) mass is 443 g/mol. The number of halogens is 2. The zero-order valence-corrected chi connectivity index (χ0v) is 18.2. The molecule has 0 saturated carbocycles. The highest BCUT2D eigenvalue weighted by Gasteiger charge is 2.23. The Labute approximate surface area is 184 Å². The third-order valence-electron chi connectivity index (χ3n) is 5.33. The van der Waals surface area contributed by atoms with Crippen LogP contribution < -0.4 is 15.9 Å². The van der Waals surface area contributed by atoms with Gasteiger partial charge in [0.05, 0.1) is 5.69 Å². The standard InChI is InChI=1S/C21H22FN7O.ClH/c1-12-8-27(9-13(2)23-12)18-6-4-5-17-25-19(26-21(30)29(17)18)15-7-16(22)20-24-14(3)10-28(20)11-15;/h4-7,10-13,23H,8-9H2,1-3H3;1H/t12-,13+;. The first-order valence-electron chi connectivity index (χ1n) is 9.95. The van der Waals surface area contributed by atoms with Crippen LogP contribution in [-0.2, 0) is 0 Å². The van der Waals surface area contributed by atoms with Gasteiger partial charge in [-0.1, -0.05) is 6.07 Å². The van der Waals surface area contributed by atoms with Gasteiger partial charge in [-0.2, -0.15) is 4.98 Å². The molecule has 4 aromatic rings. The maximum atomic E-state index is 14.5. The van der Waals surface area contributed by atoms with Crippen molar-refractivity contribution >= 4 is 29.5 Å². The molecule has 10 heteroatoms. The minimum atomic E-state index is -0.484. The van der Waals surface area contributed by atoms with Crippen molar-refractivity contribution in [1.29, 1.82) is 0 Å². The van der Waals surface area contributed by atoms with Gasteiger partial charge in [-0.05, 0) is 39.0 Å². The van der Waals surface area contributed by atoms with Crippen LogP contribution in [-0.4, -0.2) is 48.9 Å². The molecule has 1 saturated heterocycles. The van der Waals surface area contributed by atoms with Crippen molar-refractivity contribution in [2.45, 2.75) is 32.9 Å². The smallest absolute Gasteiger partial charge is 0.354 e. The van der Waals surface area contributed by atoms with Crippen LogP contribution in [0.25, 0.3) is 22.7 Å². The molecule has 0 spiro atoms. The van der Waals surface area contributed by atoms with Crippen molar-refractivity contribution in [3.63, 3.8) is 0 Å². The van der Waals surface area contributed by atoms with Gasteiger partial charge in [-0.3, -0.25) is 0 Å². The SMILES string of the molecule is Cc1cn2cc(-c3nc(=O)n4c(N5C[C@@H](C)N[C@@H](C)C5)cccc4n3)cc(F)c2n1.Cl. The summed E-state index contributed by atoms with van der Waals surface area (Å²) in [5.74, 6) is 0.462. The van der Waals surface area contributed by atoms with Crippen LogP contribution in [0.4, 0.5) is 10.2 Å². The van der Waals surface area contributed by atoms with Crippen LogP contribution >= 0.6 is 12.4 Å². The molecule has 1 aliphatic rings. The molecule has 0 amide bonds. The Morgan fingerprint density at radius 3 is 2.58 bits per heavy atom. The Kier molecular flexibility index (Phi) is 5.40. The minimum Gasteiger partial charge on any atom is -0.354 e. The van der Waals surface area contributed by atoms with E-state index in [0.29, 0.717) is 29.0 Å². The Balaban J connectivity index is 0.00000231. The van der Waals surface area contributed by atoms with E-state index in [1.807, 2.05) is 12.1 Å². The number of aromatic nitrogens is 5. The number of nitrogens with one attached hydrogen (secondary N) is 1. The summed E-state index contributed by atoms with van der Waals surface area (Å²) in [7, 11) is 0. The van der Waals surface area contributed by atoms with Gasteiger partial charge in [0.2, 0.25) is 0 Å². The number of imidazole rings is 1. The highest BCUT2D eigenvalue weighted by molar-refractivity contribution is 5.85. The van der Waals surface area contributed by atoms with E-state index >= 15 is 0 Å². The number of rotatable bonds is 2. The summed E-state index contributed by atoms with van der Waals surface area (Å²) >= 11 is 0. The van der Waals surface area contributed by atoms with Crippen molar-refractivity contribution < 1.29 is 4.39 Å². The van der Waals surface area contributed by atoms with E-state index in [-0.39, 0.29) is 23.9 Å². The molecule has 5 heterocycles. The number of nitrogens with zero attached hydrogens (tertiary/aromatic N) is 6. The Hall–Kier alpha value is -3.04. The quantitative estimate of drug-likeness (QED) is 0.512. The Bertz CT molecular complexity index is 1320. The predicted octanol–water partition coefficient (Wildman–Crippen LogP) is 2.46. The van der Waals surface area contributed by atoms with Gasteiger partial charge in [-0.25, -0.2) is 23.6 Å². The normalized spacial score (nSPS) is 19.0. The molecule has 0 unspecified atom stereocenters. The maximum absolute atomic E-state index is 14.5. The zero-order valence-electron chi connectivity index (χ0n) is 17.4. The fraction of sp³-hybridized carbons (Fsp3) is 0.333. The molecule has 0 aromatic carbocycles. The number of anilines is 1. The van der Waals surface area contributed by atoms with E-state index in [0.717, 1.165) is 18.9 Å². The van der Waals surface area contributed by atoms with E-state index in [2.05, 4.69) is 39.0 Å². The first-order valence-corrected chi connectivity index (χ1v) is 9.95. The molecular weight excluding hydrogens is 421 g/mol. The van der Waals surface area contributed by atoms with Gasteiger partial charge in [0.1, 0.15) is 11.5 Å². The number of aryl methyl sites for hydroxylation is 1. The molecular formula is C21H23ClFN7O. The van der Waals surface area contributed by atoms with Crippen molar-refractivity contribution in [3.05, 3.63) is 58.7 Å². The summed E-state index contributed by atoms with van der Waals surface area (Å²) < 4.78 is 17.6. The van der Waals surface area contributed by atoms with Crippen LogP contribution in [0.1, 0.15) is 19.5 Å². The second-order valence-electron chi connectivity index (χ2n) is 7.97. The number of hydrogen-bond acceptors (Lipinski definition) is 6. The third-order valence-corrected chi connectivity index (χ3v) is 5.33. The summed E-state index contributed by atoms with van der Waals surface area (Å²) in [6.07, 6.45) is 3.41. The highest BCUT2D eigenvalue weighted by Crippen LogP contribution is 2.22. The van der Waals surface area contributed by atoms with E-state index in [1.54, 1.807) is 29.8 Å². The summed E-state index contributed by atoms with van der Waals surface area (Å²) in [5, 5.41) is 3.49. The minimum absolute atomic E-state index is 0. The average Bonchev–Trinajstić information content (AvgIpc) is 3.07. The van der Waals surface area contributed by atoms with Crippen molar-refractivity contribution in [1.82, 2.24) is 29.1 Å². The number of hydrogen-bond donors (Lipinski definition) is 1. The molecule has 0 radical (unpaired) electrons. The van der Waals surface area contributed by atoms with Crippen LogP contribution in [0.15, 0.2) is 41.5 Å². The molecule has 0 aliphatic carbocycles. The van der Waals surface area contributed by atoms with Crippen molar-refractivity contribution in [3.8, 4) is 11.4 Å². The summed E-state index contributed by atoms with van der Waals surface area (Å²) in [4.78, 5) is 28.1. The van der Waals surface area contributed by atoms with E-state index in [1.165, 1.54) is 10.5 Å². The predicted molar refractivity (Wildman–Crippen MR) is 120 cm³/mol. The molecule has 5 rings (SSSR count). The number of piperazine rings is 1. The Morgan fingerprint density at radius 2 is 1.84 bits per heavy atom. The molecule has 1 aliphatic heterocycles. The fourth-order valence-corrected chi connectivity index (χ4v) is 4.24.